The number of hydrogen-bond donors (Lipinski definition) is 4. The van der Waals surface area contributed by atoms with Gasteiger partial charge in [0.2, 0.25) is 11.9 Å². The monoisotopic (exact) mass is 938 g/mol. The van der Waals surface area contributed by atoms with Crippen molar-refractivity contribution in [2.75, 3.05) is 35.0 Å². The van der Waals surface area contributed by atoms with Gasteiger partial charge in [0.25, 0.3) is 0 Å². The molecule has 371 valence electrons. The van der Waals surface area contributed by atoms with E-state index in [1.807, 2.05) is 13.8 Å². The fourth-order valence-electron chi connectivity index (χ4n) is 13.5. The molecule has 6 heterocycles. The number of carboxylic acid groups (broad SMARTS) is 1. The molecule has 65 heavy (non-hydrogen) atoms. The van der Waals surface area contributed by atoms with Gasteiger partial charge in [0.1, 0.15) is 11.2 Å². The van der Waals surface area contributed by atoms with Gasteiger partial charge in [0.05, 0.1) is 67.1 Å². The maximum atomic E-state index is 12.0. The van der Waals surface area contributed by atoms with E-state index in [1.54, 1.807) is 35.0 Å². The van der Waals surface area contributed by atoms with Crippen LogP contribution in [0.1, 0.15) is 126 Å². The standard InChI is InChI=1S/C48H82O16.Na/c1-25-38(58-24-30-16-14-13-15-17-30)27(3)46(8,52)63-39(25)34-19-18-32(59-34)33-20-21-36(60-33)45(7)42(56-11)29(5)48(64-45)26(2)35(54-9)22-31(61-48)23-37-44(6,57-12)41(55-10)28(4)47(53,62-37)40(49)43(50)51;/h25-42,49,52-53H,13-24H2,1-12H3,(H,50,51);/t25-,26+,27+,28-,29+,31-,32+,33-,34+,35+,36+,37-,38-,39-,40-,41-,42+,44-,45+,46-,47-,48-;/m0./s1. The largest absolute Gasteiger partial charge is 0.479 e. The number of aliphatic hydroxyl groups excluding tert-OH is 1. The predicted molar refractivity (Wildman–Crippen MR) is 237 cm³/mol. The molecule has 0 aromatic carbocycles. The minimum Gasteiger partial charge on any atom is -0.479 e. The van der Waals surface area contributed by atoms with Gasteiger partial charge in [-0.1, -0.05) is 53.9 Å². The molecule has 7 aliphatic rings. The second kappa shape index (κ2) is 20.9. The number of carboxylic acids is 1. The summed E-state index contributed by atoms with van der Waals surface area (Å²) in [6.07, 6.45) is 2.97. The quantitative estimate of drug-likeness (QED) is 0.176. The Labute approximate surface area is 409 Å². The molecule has 6 aliphatic heterocycles. The molecule has 1 aliphatic carbocycles. The van der Waals surface area contributed by atoms with Crippen LogP contribution < -0.4 is 0 Å². The van der Waals surface area contributed by atoms with Crippen molar-refractivity contribution in [2.24, 2.45) is 35.5 Å². The van der Waals surface area contributed by atoms with Crippen LogP contribution in [0.2, 0.25) is 0 Å². The van der Waals surface area contributed by atoms with E-state index in [-0.39, 0.29) is 102 Å². The van der Waals surface area contributed by atoms with Crippen molar-refractivity contribution in [3.8, 4) is 0 Å². The Bertz CT molecular complexity index is 1590. The number of aliphatic carboxylic acids is 1. The van der Waals surface area contributed by atoms with Crippen LogP contribution in [0.25, 0.3) is 0 Å². The van der Waals surface area contributed by atoms with Crippen LogP contribution in [0.3, 0.4) is 0 Å². The SMILES string of the molecule is CO[C@@H]1[C@@H](C)[C@@]2(O[C@H](C[C@@H]3O[C@](O)([C@@H](O)C(=O)O)[C@@H](C)[C@H](OC)[C@@]3(C)OC)C[C@@H](OC)[C@H]2C)O[C@]1(C)[C@H]1CC[C@@H]([C@H]2CC[C@H]([C@H]3O[C@](C)(O)[C@H](C)[C@@H](OCC4CCCCC4)[C@@H]3C)O2)O1.[Na]. The van der Waals surface area contributed by atoms with Crippen molar-refractivity contribution in [2.45, 2.75) is 228 Å². The van der Waals surface area contributed by atoms with Crippen molar-refractivity contribution >= 4 is 35.5 Å². The summed E-state index contributed by atoms with van der Waals surface area (Å²) in [6, 6.07) is 0. The van der Waals surface area contributed by atoms with Gasteiger partial charge in [0, 0.05) is 107 Å². The molecule has 0 bridgehead atoms. The summed E-state index contributed by atoms with van der Waals surface area (Å²) >= 11 is 0. The van der Waals surface area contributed by atoms with Crippen molar-refractivity contribution in [1.29, 1.82) is 0 Å². The Hall–Kier alpha value is -0.0900. The molecule has 17 heteroatoms. The molecule has 4 N–H and O–H groups in total. The first-order valence-corrected chi connectivity index (χ1v) is 24.3. The van der Waals surface area contributed by atoms with Crippen LogP contribution in [-0.4, -0.2) is 193 Å². The van der Waals surface area contributed by atoms with E-state index in [0.717, 1.165) is 19.3 Å². The Morgan fingerprint density at radius 1 is 0.738 bits per heavy atom. The molecule has 0 aromatic heterocycles. The summed E-state index contributed by atoms with van der Waals surface area (Å²) in [5.74, 6) is -7.81. The van der Waals surface area contributed by atoms with Gasteiger partial charge in [-0.05, 0) is 65.2 Å². The summed E-state index contributed by atoms with van der Waals surface area (Å²) in [7, 11) is 6.32. The third-order valence-electron chi connectivity index (χ3n) is 17.6. The van der Waals surface area contributed by atoms with Crippen molar-refractivity contribution in [3.05, 3.63) is 0 Å². The molecule has 1 saturated carbocycles. The summed E-state index contributed by atoms with van der Waals surface area (Å²) in [5, 5.41) is 43.8. The van der Waals surface area contributed by atoms with Crippen molar-refractivity contribution in [3.63, 3.8) is 0 Å². The Morgan fingerprint density at radius 3 is 1.98 bits per heavy atom. The van der Waals surface area contributed by atoms with Gasteiger partial charge in [-0.3, -0.25) is 0 Å². The Morgan fingerprint density at radius 2 is 1.37 bits per heavy atom. The van der Waals surface area contributed by atoms with Gasteiger partial charge >= 0.3 is 5.97 Å². The smallest absolute Gasteiger partial charge is 0.338 e. The summed E-state index contributed by atoms with van der Waals surface area (Å²) in [6.45, 7) is 16.2. The number of aliphatic hydroxyl groups is 3. The van der Waals surface area contributed by atoms with E-state index in [4.69, 9.17) is 52.1 Å². The molecule has 0 unspecified atom stereocenters. The number of ether oxygens (including phenoxy) is 11. The maximum Gasteiger partial charge on any atom is 0.338 e. The molecule has 7 fully saturated rings. The molecular formula is C48H82NaO16. The molecule has 0 aromatic rings. The number of hydrogen-bond acceptors (Lipinski definition) is 15. The van der Waals surface area contributed by atoms with E-state index >= 15 is 0 Å². The van der Waals surface area contributed by atoms with Crippen LogP contribution >= 0.6 is 0 Å². The van der Waals surface area contributed by atoms with E-state index in [2.05, 4.69) is 20.8 Å². The number of methoxy groups -OCH3 is 4. The summed E-state index contributed by atoms with van der Waals surface area (Å²) < 4.78 is 72.0. The first-order valence-electron chi connectivity index (χ1n) is 24.3. The second-order valence-corrected chi connectivity index (χ2v) is 21.3. The zero-order valence-corrected chi connectivity index (χ0v) is 43.6. The molecular weight excluding hydrogens is 856 g/mol. The van der Waals surface area contributed by atoms with Gasteiger partial charge in [-0.25, -0.2) is 4.79 Å². The van der Waals surface area contributed by atoms with Gasteiger partial charge in [-0.15, -0.1) is 0 Å². The predicted octanol–water partition coefficient (Wildman–Crippen LogP) is 4.60. The van der Waals surface area contributed by atoms with E-state index in [1.165, 1.54) is 46.3 Å². The first kappa shape index (κ1) is 54.2. The minimum atomic E-state index is -2.49. The molecule has 7 rings (SSSR count). The molecule has 0 amide bonds. The van der Waals surface area contributed by atoms with Gasteiger partial charge < -0.3 is 72.5 Å². The van der Waals surface area contributed by atoms with E-state index in [0.29, 0.717) is 25.4 Å². The molecule has 1 radical (unpaired) electrons. The molecule has 22 atom stereocenters. The summed E-state index contributed by atoms with van der Waals surface area (Å²) in [5.41, 5.74) is -2.12. The number of carbonyl (C=O) groups is 1. The van der Waals surface area contributed by atoms with Crippen LogP contribution in [-0.2, 0) is 56.9 Å². The average Bonchev–Trinajstić information content (AvgIpc) is 4.01. The molecule has 1 spiro atoms. The Balaban J connectivity index is 0.00000700. The summed E-state index contributed by atoms with van der Waals surface area (Å²) in [4.78, 5) is 12.0. The zero-order valence-electron chi connectivity index (χ0n) is 41.6. The van der Waals surface area contributed by atoms with Gasteiger partial charge in [0.15, 0.2) is 11.6 Å². The fourth-order valence-corrected chi connectivity index (χ4v) is 13.5. The van der Waals surface area contributed by atoms with Crippen LogP contribution in [0.4, 0.5) is 0 Å². The van der Waals surface area contributed by atoms with Crippen LogP contribution in [0, 0.1) is 35.5 Å². The third kappa shape index (κ3) is 9.70. The topological polar surface area (TPSA) is 200 Å². The number of rotatable bonds is 14. The normalized spacial score (nSPS) is 51.2. The van der Waals surface area contributed by atoms with E-state index in [9.17, 15) is 25.2 Å². The minimum absolute atomic E-state index is 0. The maximum absolute atomic E-state index is 12.0. The first-order chi connectivity index (χ1) is 30.1. The van der Waals surface area contributed by atoms with Gasteiger partial charge in [-0.2, -0.15) is 0 Å². The second-order valence-electron chi connectivity index (χ2n) is 21.3. The molecule has 6 saturated heterocycles. The van der Waals surface area contributed by atoms with Crippen LogP contribution in [0.15, 0.2) is 0 Å². The third-order valence-corrected chi connectivity index (χ3v) is 17.6. The van der Waals surface area contributed by atoms with Crippen molar-refractivity contribution < 1.29 is 77.3 Å². The van der Waals surface area contributed by atoms with Crippen molar-refractivity contribution in [1.82, 2.24) is 0 Å². The fraction of sp³-hybridized carbons (Fsp3) is 0.979. The zero-order chi connectivity index (χ0) is 46.7. The Kier molecular flexibility index (Phi) is 17.5. The van der Waals surface area contributed by atoms with E-state index < -0.39 is 71.0 Å². The average molecular weight is 938 g/mol. The van der Waals surface area contributed by atoms with Crippen LogP contribution in [0.5, 0.6) is 0 Å². The molecule has 16 nitrogen and oxygen atoms in total.